The summed E-state index contributed by atoms with van der Waals surface area (Å²) < 4.78 is 3.78. The second-order valence-electron chi connectivity index (χ2n) is 15.9. The molecule has 0 bridgehead atoms. The summed E-state index contributed by atoms with van der Waals surface area (Å²) in [7, 11) is 0. The predicted molar refractivity (Wildman–Crippen MR) is 272 cm³/mol. The van der Waals surface area contributed by atoms with Gasteiger partial charge in [-0.15, -0.1) is 22.7 Å². The Labute approximate surface area is 374 Å². The van der Waals surface area contributed by atoms with Crippen LogP contribution in [0.4, 0.5) is 17.1 Å². The highest BCUT2D eigenvalue weighted by Gasteiger charge is 2.19. The molecule has 0 unspecified atom stereocenters. The molecule has 0 saturated heterocycles. The molecule has 63 heavy (non-hydrogen) atoms. The average molecular weight is 839 g/mol. The molecule has 10 aromatic carbocycles. The Morgan fingerprint density at radius 2 is 0.873 bits per heavy atom. The molecule has 0 radical (unpaired) electrons. The second-order valence-corrected chi connectivity index (χ2v) is 18.0. The van der Waals surface area contributed by atoms with E-state index in [1.54, 1.807) is 11.3 Å². The van der Waals surface area contributed by atoms with Gasteiger partial charge in [-0.25, -0.2) is 4.98 Å². The van der Waals surface area contributed by atoms with Gasteiger partial charge in [-0.05, 0) is 104 Å². The van der Waals surface area contributed by atoms with Crippen molar-refractivity contribution in [2.75, 3.05) is 4.90 Å². The van der Waals surface area contributed by atoms with Crippen LogP contribution in [-0.4, -0.2) is 4.98 Å². The molecule has 2 heterocycles. The van der Waals surface area contributed by atoms with Gasteiger partial charge in [0.05, 0.1) is 10.2 Å². The highest BCUT2D eigenvalue weighted by atomic mass is 32.1. The molecule has 0 N–H and O–H groups in total. The zero-order chi connectivity index (χ0) is 41.7. The highest BCUT2D eigenvalue weighted by Crippen LogP contribution is 2.46. The number of rotatable bonds is 8. The Morgan fingerprint density at radius 1 is 0.317 bits per heavy atom. The van der Waals surface area contributed by atoms with Crippen molar-refractivity contribution in [3.63, 3.8) is 0 Å². The van der Waals surface area contributed by atoms with Crippen LogP contribution >= 0.6 is 22.7 Å². The van der Waals surface area contributed by atoms with E-state index in [-0.39, 0.29) is 0 Å². The van der Waals surface area contributed by atoms with Gasteiger partial charge in [-0.2, -0.15) is 0 Å². The summed E-state index contributed by atoms with van der Waals surface area (Å²) >= 11 is 3.63. The lowest BCUT2D eigenvalue weighted by Gasteiger charge is -2.27. The topological polar surface area (TPSA) is 16.1 Å². The van der Waals surface area contributed by atoms with E-state index in [0.717, 1.165) is 33.1 Å². The smallest absolute Gasteiger partial charge is 0.124 e. The first-order chi connectivity index (χ1) is 31.2. The van der Waals surface area contributed by atoms with Gasteiger partial charge in [0, 0.05) is 42.8 Å². The Kier molecular flexibility index (Phi) is 9.25. The quantitative estimate of drug-likeness (QED) is 0.152. The van der Waals surface area contributed by atoms with Crippen LogP contribution in [-0.2, 0) is 0 Å². The van der Waals surface area contributed by atoms with Gasteiger partial charge in [0.1, 0.15) is 5.01 Å². The molecule has 12 rings (SSSR count). The van der Waals surface area contributed by atoms with Gasteiger partial charge in [0.15, 0.2) is 0 Å². The maximum Gasteiger partial charge on any atom is 0.124 e. The minimum absolute atomic E-state index is 1.06. The normalized spacial score (nSPS) is 11.5. The van der Waals surface area contributed by atoms with Gasteiger partial charge in [0.25, 0.3) is 0 Å². The van der Waals surface area contributed by atoms with Crippen molar-refractivity contribution in [2.24, 2.45) is 0 Å². The van der Waals surface area contributed by atoms with Gasteiger partial charge >= 0.3 is 0 Å². The van der Waals surface area contributed by atoms with Crippen LogP contribution in [0.1, 0.15) is 0 Å². The van der Waals surface area contributed by atoms with E-state index in [1.807, 2.05) is 11.3 Å². The Morgan fingerprint density at radius 3 is 1.62 bits per heavy atom. The number of fused-ring (bicyclic) bond motifs is 5. The Bertz CT molecular complexity index is 3590. The number of hydrogen-bond acceptors (Lipinski definition) is 4. The fraction of sp³-hybridized carbons (Fsp3) is 0. The second kappa shape index (κ2) is 15.7. The van der Waals surface area contributed by atoms with E-state index in [0.29, 0.717) is 0 Å². The van der Waals surface area contributed by atoms with Crippen LogP contribution in [0.5, 0.6) is 0 Å². The molecule has 0 spiro atoms. The number of thiazole rings is 1. The van der Waals surface area contributed by atoms with E-state index in [9.17, 15) is 0 Å². The summed E-state index contributed by atoms with van der Waals surface area (Å²) in [4.78, 5) is 7.45. The molecule has 0 aliphatic carbocycles. The molecule has 12 aromatic rings. The standard InChI is InChI=1S/C59H38N2S2/c1-4-14-39(15-5-1)40-26-30-45(31-27-40)61(47-34-35-51(53(36-47)42-16-6-2-7-17-42)50-24-12-21-41-18-10-11-22-48(41)50)46-32-28-43(29-33-46)49-23-13-25-52-54-37-57-55(38-56(54)62-58(49)52)60-59(63-57)44-19-8-3-9-20-44/h1-38H. The van der Waals surface area contributed by atoms with Crippen LogP contribution < -0.4 is 4.90 Å². The van der Waals surface area contributed by atoms with E-state index in [1.165, 1.54) is 80.2 Å². The van der Waals surface area contributed by atoms with Gasteiger partial charge in [0.2, 0.25) is 0 Å². The summed E-state index contributed by atoms with van der Waals surface area (Å²) in [5.74, 6) is 0. The fourth-order valence-electron chi connectivity index (χ4n) is 9.04. The third-order valence-electron chi connectivity index (χ3n) is 12.1. The Hall–Kier alpha value is -7.63. The van der Waals surface area contributed by atoms with Crippen molar-refractivity contribution >= 4 is 80.9 Å². The maximum atomic E-state index is 5.06. The van der Waals surface area contributed by atoms with Crippen LogP contribution in [0.25, 0.3) is 96.2 Å². The highest BCUT2D eigenvalue weighted by molar-refractivity contribution is 7.26. The lowest BCUT2D eigenvalue weighted by atomic mass is 9.90. The van der Waals surface area contributed by atoms with Crippen molar-refractivity contribution in [2.45, 2.75) is 0 Å². The number of aromatic nitrogens is 1. The average Bonchev–Trinajstić information content (AvgIpc) is 3.95. The van der Waals surface area contributed by atoms with Gasteiger partial charge < -0.3 is 4.90 Å². The molecule has 2 nitrogen and oxygen atoms in total. The monoisotopic (exact) mass is 838 g/mol. The van der Waals surface area contributed by atoms with Crippen LogP contribution in [0.3, 0.4) is 0 Å². The first-order valence-corrected chi connectivity index (χ1v) is 22.9. The third kappa shape index (κ3) is 6.77. The summed E-state index contributed by atoms with van der Waals surface area (Å²) in [6.45, 7) is 0. The first-order valence-electron chi connectivity index (χ1n) is 21.3. The summed E-state index contributed by atoms with van der Waals surface area (Å²) in [5, 5.41) is 6.12. The van der Waals surface area contributed by atoms with Crippen LogP contribution in [0.2, 0.25) is 0 Å². The number of nitrogens with zero attached hydrogens (tertiary/aromatic N) is 2. The Balaban J connectivity index is 0.971. The molecule has 0 aliphatic rings. The van der Waals surface area contributed by atoms with Crippen molar-refractivity contribution in [1.29, 1.82) is 0 Å². The first kappa shape index (κ1) is 37.2. The summed E-state index contributed by atoms with van der Waals surface area (Å²) in [5.41, 5.74) is 15.1. The zero-order valence-electron chi connectivity index (χ0n) is 34.2. The molecule has 0 aliphatic heterocycles. The van der Waals surface area contributed by atoms with Crippen LogP contribution in [0, 0.1) is 0 Å². The summed E-state index contributed by atoms with van der Waals surface area (Å²) in [6, 6.07) is 83.6. The van der Waals surface area contributed by atoms with Crippen molar-refractivity contribution in [1.82, 2.24) is 4.98 Å². The fourth-order valence-corrected chi connectivity index (χ4v) is 11.3. The molecular formula is C59H38N2S2. The van der Waals surface area contributed by atoms with Crippen molar-refractivity contribution < 1.29 is 0 Å². The van der Waals surface area contributed by atoms with E-state index >= 15 is 0 Å². The largest absolute Gasteiger partial charge is 0.310 e. The predicted octanol–water partition coefficient (Wildman–Crippen LogP) is 17.6. The van der Waals surface area contributed by atoms with E-state index in [4.69, 9.17) is 4.98 Å². The molecule has 4 heteroatoms. The number of hydrogen-bond donors (Lipinski definition) is 0. The molecule has 2 aromatic heterocycles. The van der Waals surface area contributed by atoms with E-state index < -0.39 is 0 Å². The number of thiophene rings is 1. The number of anilines is 3. The van der Waals surface area contributed by atoms with E-state index in [2.05, 4.69) is 235 Å². The SMILES string of the molecule is c1ccc(-c2ccc(N(c3ccc(-c4cccc5c4sc4cc6nc(-c7ccccc7)sc6cc45)cc3)c3ccc(-c4cccc5ccccc45)c(-c4ccccc4)c3)cc2)cc1. The minimum Gasteiger partial charge on any atom is -0.310 e. The van der Waals surface area contributed by atoms with Crippen molar-refractivity contribution in [3.8, 4) is 55.1 Å². The molecular weight excluding hydrogens is 801 g/mol. The lowest BCUT2D eigenvalue weighted by molar-refractivity contribution is 1.28. The maximum absolute atomic E-state index is 5.06. The lowest BCUT2D eigenvalue weighted by Crippen LogP contribution is -2.10. The number of benzene rings is 10. The molecule has 0 fully saturated rings. The third-order valence-corrected chi connectivity index (χ3v) is 14.4. The molecule has 0 atom stereocenters. The summed E-state index contributed by atoms with van der Waals surface area (Å²) in [6.07, 6.45) is 0. The minimum atomic E-state index is 1.06. The zero-order valence-corrected chi connectivity index (χ0v) is 35.8. The van der Waals surface area contributed by atoms with Crippen LogP contribution in [0.15, 0.2) is 231 Å². The molecule has 0 saturated carbocycles. The van der Waals surface area contributed by atoms with Gasteiger partial charge in [-0.3, -0.25) is 0 Å². The van der Waals surface area contributed by atoms with Gasteiger partial charge in [-0.1, -0.05) is 182 Å². The molecule has 296 valence electrons. The molecule has 0 amide bonds. The van der Waals surface area contributed by atoms with Crippen molar-refractivity contribution in [3.05, 3.63) is 231 Å².